The maximum Gasteiger partial charge on any atom is 0.416 e. The molecule has 11 heteroatoms. The van der Waals surface area contributed by atoms with Crippen LogP contribution in [-0.4, -0.2) is 29.8 Å². The van der Waals surface area contributed by atoms with Gasteiger partial charge >= 0.3 is 17.8 Å². The Bertz CT molecular complexity index is 1550. The topological polar surface area (TPSA) is 99.1 Å². The number of aromatic carboxylic acids is 1. The standard InChI is InChI=1S/C24H21F3N4O4/c1-3-5-19(14-6-4-7-15(10-14)24(25,26)27)31-21(32)17(22(33)34)12-30(23(31)35)16-8-9-20-18(11-16)28-13-29(20)2/h4,6-13,19H,3,5H2,1-2H3,(H,33,34). The van der Waals surface area contributed by atoms with E-state index in [4.69, 9.17) is 0 Å². The molecule has 182 valence electrons. The SMILES string of the molecule is CCCC(c1cccc(C(F)(F)F)c1)n1c(=O)c(C(=O)O)cn(-c2ccc3c(c2)ncn3C)c1=O. The molecule has 1 atom stereocenters. The Kier molecular flexibility index (Phi) is 6.10. The van der Waals surface area contributed by atoms with Crippen LogP contribution in [-0.2, 0) is 13.2 Å². The summed E-state index contributed by atoms with van der Waals surface area (Å²) in [6.45, 7) is 1.75. The summed E-state index contributed by atoms with van der Waals surface area (Å²) in [6.07, 6.45) is -1.56. The van der Waals surface area contributed by atoms with Crippen LogP contribution in [0.1, 0.15) is 47.3 Å². The van der Waals surface area contributed by atoms with Crippen molar-refractivity contribution in [2.75, 3.05) is 0 Å². The van der Waals surface area contributed by atoms with Crippen molar-refractivity contribution in [1.29, 1.82) is 0 Å². The van der Waals surface area contributed by atoms with Gasteiger partial charge in [-0.3, -0.25) is 13.9 Å². The van der Waals surface area contributed by atoms with E-state index in [0.717, 1.165) is 33.0 Å². The number of imidazole rings is 1. The smallest absolute Gasteiger partial charge is 0.416 e. The van der Waals surface area contributed by atoms with Crippen LogP contribution in [0.2, 0.25) is 0 Å². The molecule has 0 saturated heterocycles. The van der Waals surface area contributed by atoms with Crippen molar-refractivity contribution in [1.82, 2.24) is 18.7 Å². The number of hydrogen-bond donors (Lipinski definition) is 1. The highest BCUT2D eigenvalue weighted by Crippen LogP contribution is 2.32. The van der Waals surface area contributed by atoms with Gasteiger partial charge < -0.3 is 9.67 Å². The van der Waals surface area contributed by atoms with Gasteiger partial charge in [-0.2, -0.15) is 13.2 Å². The number of carboxylic acids is 1. The molecule has 2 aromatic heterocycles. The van der Waals surface area contributed by atoms with Crippen LogP contribution in [0.4, 0.5) is 13.2 Å². The van der Waals surface area contributed by atoms with Crippen molar-refractivity contribution >= 4 is 17.0 Å². The Balaban J connectivity index is 1.99. The first-order valence-electron chi connectivity index (χ1n) is 10.7. The molecule has 0 bridgehead atoms. The molecule has 2 aromatic carbocycles. The minimum atomic E-state index is -4.63. The predicted molar refractivity (Wildman–Crippen MR) is 122 cm³/mol. The van der Waals surface area contributed by atoms with E-state index in [2.05, 4.69) is 4.98 Å². The van der Waals surface area contributed by atoms with E-state index in [0.29, 0.717) is 11.9 Å². The van der Waals surface area contributed by atoms with Crippen molar-refractivity contribution in [3.63, 3.8) is 0 Å². The Morgan fingerprint density at radius 1 is 1.14 bits per heavy atom. The number of carbonyl (C=O) groups is 1. The summed E-state index contributed by atoms with van der Waals surface area (Å²) in [4.78, 5) is 42.8. The fourth-order valence-electron chi connectivity index (χ4n) is 4.09. The Morgan fingerprint density at radius 2 is 1.89 bits per heavy atom. The minimum absolute atomic E-state index is 0.0788. The van der Waals surface area contributed by atoms with Crippen LogP contribution in [0.3, 0.4) is 0 Å². The Hall–Kier alpha value is -4.15. The number of nitrogens with zero attached hydrogens (tertiary/aromatic N) is 4. The molecule has 0 aliphatic heterocycles. The predicted octanol–water partition coefficient (Wildman–Crippen LogP) is 3.99. The lowest BCUT2D eigenvalue weighted by Crippen LogP contribution is -2.44. The van der Waals surface area contributed by atoms with Gasteiger partial charge in [-0.15, -0.1) is 0 Å². The average Bonchev–Trinajstić information content (AvgIpc) is 3.18. The van der Waals surface area contributed by atoms with Gasteiger partial charge in [0.15, 0.2) is 0 Å². The lowest BCUT2D eigenvalue weighted by molar-refractivity contribution is -0.137. The van der Waals surface area contributed by atoms with Crippen LogP contribution >= 0.6 is 0 Å². The van der Waals surface area contributed by atoms with Crippen molar-refractivity contribution < 1.29 is 23.1 Å². The van der Waals surface area contributed by atoms with Gasteiger partial charge in [-0.05, 0) is 42.3 Å². The van der Waals surface area contributed by atoms with E-state index in [1.807, 2.05) is 0 Å². The normalized spacial score (nSPS) is 12.7. The molecule has 8 nitrogen and oxygen atoms in total. The number of hydrogen-bond acceptors (Lipinski definition) is 4. The third-order valence-electron chi connectivity index (χ3n) is 5.81. The van der Waals surface area contributed by atoms with Crippen molar-refractivity contribution in [3.8, 4) is 5.69 Å². The lowest BCUT2D eigenvalue weighted by atomic mass is 9.99. The second-order valence-corrected chi connectivity index (χ2v) is 8.13. The molecule has 4 aromatic rings. The van der Waals surface area contributed by atoms with E-state index in [1.54, 1.807) is 43.1 Å². The molecule has 0 radical (unpaired) electrons. The summed E-state index contributed by atoms with van der Waals surface area (Å²) in [5, 5.41) is 9.67. The van der Waals surface area contributed by atoms with Crippen molar-refractivity contribution in [2.45, 2.75) is 32.0 Å². The molecule has 0 aliphatic carbocycles. The van der Waals surface area contributed by atoms with Gasteiger partial charge in [0.2, 0.25) is 0 Å². The number of aromatic nitrogens is 4. The summed E-state index contributed by atoms with van der Waals surface area (Å²) >= 11 is 0. The lowest BCUT2D eigenvalue weighted by Gasteiger charge is -2.22. The third kappa shape index (κ3) is 4.36. The summed E-state index contributed by atoms with van der Waals surface area (Å²) in [5.41, 5.74) is -1.93. The maximum absolute atomic E-state index is 13.6. The van der Waals surface area contributed by atoms with E-state index in [-0.39, 0.29) is 17.7 Å². The number of carboxylic acid groups (broad SMARTS) is 1. The number of benzene rings is 2. The van der Waals surface area contributed by atoms with Gasteiger partial charge in [0.05, 0.1) is 34.7 Å². The monoisotopic (exact) mass is 486 g/mol. The molecule has 1 N–H and O–H groups in total. The fraction of sp³-hybridized carbons (Fsp3) is 0.250. The van der Waals surface area contributed by atoms with Gasteiger partial charge in [-0.1, -0.05) is 25.5 Å². The van der Waals surface area contributed by atoms with Gasteiger partial charge in [-0.25, -0.2) is 14.6 Å². The molecule has 0 spiro atoms. The van der Waals surface area contributed by atoms with E-state index >= 15 is 0 Å². The molecule has 4 rings (SSSR count). The summed E-state index contributed by atoms with van der Waals surface area (Å²) < 4.78 is 43.5. The van der Waals surface area contributed by atoms with E-state index in [9.17, 15) is 32.7 Å². The second-order valence-electron chi connectivity index (χ2n) is 8.13. The molecule has 2 heterocycles. The highest BCUT2D eigenvalue weighted by Gasteiger charge is 2.32. The fourth-order valence-corrected chi connectivity index (χ4v) is 4.09. The van der Waals surface area contributed by atoms with Crippen LogP contribution in [0.5, 0.6) is 0 Å². The van der Waals surface area contributed by atoms with Crippen LogP contribution in [0.15, 0.2) is 64.6 Å². The third-order valence-corrected chi connectivity index (χ3v) is 5.81. The second kappa shape index (κ2) is 8.90. The van der Waals surface area contributed by atoms with Crippen LogP contribution in [0, 0.1) is 0 Å². The number of halogens is 3. The van der Waals surface area contributed by atoms with Crippen LogP contribution in [0.25, 0.3) is 16.7 Å². The van der Waals surface area contributed by atoms with Gasteiger partial charge in [0.25, 0.3) is 5.56 Å². The number of alkyl halides is 3. The minimum Gasteiger partial charge on any atom is -0.477 e. The summed E-state index contributed by atoms with van der Waals surface area (Å²) in [5.74, 6) is -1.56. The van der Waals surface area contributed by atoms with E-state index < -0.39 is 40.6 Å². The first-order valence-corrected chi connectivity index (χ1v) is 10.7. The molecule has 0 aliphatic rings. The van der Waals surface area contributed by atoms with Gasteiger partial charge in [0, 0.05) is 13.2 Å². The quantitative estimate of drug-likeness (QED) is 0.444. The number of aryl methyl sites for hydroxylation is 1. The zero-order chi connectivity index (χ0) is 25.5. The zero-order valence-corrected chi connectivity index (χ0v) is 18.8. The summed E-state index contributed by atoms with van der Waals surface area (Å²) in [7, 11) is 1.79. The maximum atomic E-state index is 13.6. The largest absolute Gasteiger partial charge is 0.477 e. The van der Waals surface area contributed by atoms with Crippen LogP contribution < -0.4 is 11.2 Å². The Morgan fingerprint density at radius 3 is 2.54 bits per heavy atom. The molecule has 35 heavy (non-hydrogen) atoms. The van der Waals surface area contributed by atoms with E-state index in [1.165, 1.54) is 12.1 Å². The molecular formula is C24H21F3N4O4. The molecule has 0 fully saturated rings. The molecule has 0 amide bonds. The number of rotatable bonds is 6. The van der Waals surface area contributed by atoms with Gasteiger partial charge in [0.1, 0.15) is 5.56 Å². The average molecular weight is 486 g/mol. The van der Waals surface area contributed by atoms with Crippen molar-refractivity contribution in [2.24, 2.45) is 7.05 Å². The highest BCUT2D eigenvalue weighted by atomic mass is 19.4. The molecular weight excluding hydrogens is 465 g/mol. The first-order chi connectivity index (χ1) is 16.5. The zero-order valence-electron chi connectivity index (χ0n) is 18.8. The highest BCUT2D eigenvalue weighted by molar-refractivity contribution is 5.87. The first kappa shape index (κ1) is 24.0. The molecule has 0 saturated carbocycles. The Labute approximate surface area is 196 Å². The summed E-state index contributed by atoms with van der Waals surface area (Å²) in [6, 6.07) is 8.08. The number of fused-ring (bicyclic) bond motifs is 1. The van der Waals surface area contributed by atoms with Crippen molar-refractivity contribution in [3.05, 3.63) is 92.5 Å². The molecule has 1 unspecified atom stereocenters.